The molecule has 0 saturated heterocycles. The molecule has 1 aromatic carbocycles. The van der Waals surface area contributed by atoms with Crippen LogP contribution in [-0.2, 0) is 0 Å². The van der Waals surface area contributed by atoms with Gasteiger partial charge in [0.1, 0.15) is 0 Å². The van der Waals surface area contributed by atoms with E-state index in [9.17, 15) is 4.79 Å². The number of anilines is 2. The molecule has 3 nitrogen and oxygen atoms in total. The maximum absolute atomic E-state index is 11.5. The van der Waals surface area contributed by atoms with Gasteiger partial charge < -0.3 is 11.1 Å². The molecule has 0 heterocycles. The number of nitrogens with one attached hydrogen (secondary N) is 1. The Bertz CT molecular complexity index is 447. The number of carbonyl (C=O) groups excluding carboxylic acids is 1. The third kappa shape index (κ3) is 2.24. The van der Waals surface area contributed by atoms with Gasteiger partial charge in [0, 0.05) is 12.6 Å². The Morgan fingerprint density at radius 1 is 1.31 bits per heavy atom. The van der Waals surface area contributed by atoms with E-state index in [1.54, 1.807) is 13.0 Å². The van der Waals surface area contributed by atoms with E-state index in [1.165, 1.54) is 0 Å². The number of Topliss-reactive ketones (excluding diaryl/α,β-unsaturated/α-hetero) is 1. The molecule has 0 bridgehead atoms. The Morgan fingerprint density at radius 3 is 2.38 bits per heavy atom. The third-order valence-electron chi connectivity index (χ3n) is 2.70. The van der Waals surface area contributed by atoms with Crippen LogP contribution in [0.5, 0.6) is 0 Å². The van der Waals surface area contributed by atoms with Crippen molar-refractivity contribution in [2.75, 3.05) is 18.1 Å². The van der Waals surface area contributed by atoms with Crippen molar-refractivity contribution >= 4 is 22.7 Å². The molecule has 0 radical (unpaired) electrons. The number of nitrogens with two attached hydrogens (primary N) is 1. The topological polar surface area (TPSA) is 55.1 Å². The number of benzene rings is 1. The van der Waals surface area contributed by atoms with Crippen LogP contribution < -0.4 is 11.1 Å². The molecule has 1 rings (SSSR count). The highest BCUT2D eigenvalue weighted by molar-refractivity contribution is 6.01. The van der Waals surface area contributed by atoms with Crippen molar-refractivity contribution in [3.05, 3.63) is 29.3 Å². The minimum Gasteiger partial charge on any atom is -0.397 e. The van der Waals surface area contributed by atoms with Gasteiger partial charge in [-0.2, -0.15) is 0 Å². The summed E-state index contributed by atoms with van der Waals surface area (Å²) in [6, 6.07) is 3.65. The van der Waals surface area contributed by atoms with Crippen LogP contribution in [-0.4, -0.2) is 12.8 Å². The molecule has 3 heteroatoms. The lowest BCUT2D eigenvalue weighted by atomic mass is 9.96. The predicted molar refractivity (Wildman–Crippen MR) is 69.7 cm³/mol. The molecule has 0 aliphatic rings. The summed E-state index contributed by atoms with van der Waals surface area (Å²) in [5.41, 5.74) is 9.97. The lowest BCUT2D eigenvalue weighted by Crippen LogP contribution is -2.04. The fourth-order valence-electron chi connectivity index (χ4n) is 1.61. The van der Waals surface area contributed by atoms with E-state index in [4.69, 9.17) is 5.73 Å². The first-order chi connectivity index (χ1) is 7.51. The smallest absolute Gasteiger partial charge is 0.160 e. The molecule has 0 atom stereocenters. The summed E-state index contributed by atoms with van der Waals surface area (Å²) in [7, 11) is 1.81. The lowest BCUT2D eigenvalue weighted by Gasteiger charge is -2.12. The number of rotatable bonds is 3. The monoisotopic (exact) mass is 218 g/mol. The standard InChI is InChI=1S/C13H18N2O/c1-5-8(2)10-7-13(15-4)12(14)6-11(10)9(3)16/h5-7,15H,14H2,1-4H3. The van der Waals surface area contributed by atoms with Crippen LogP contribution in [0.2, 0.25) is 0 Å². The quantitative estimate of drug-likeness (QED) is 0.606. The molecule has 0 aromatic heterocycles. The first kappa shape index (κ1) is 12.3. The van der Waals surface area contributed by atoms with E-state index in [1.807, 2.05) is 33.0 Å². The Balaban J connectivity index is 3.49. The Kier molecular flexibility index (Phi) is 3.72. The van der Waals surface area contributed by atoms with Gasteiger partial charge in [0.2, 0.25) is 0 Å². The molecule has 0 unspecified atom stereocenters. The van der Waals surface area contributed by atoms with Crippen molar-refractivity contribution in [3.8, 4) is 0 Å². The molecule has 3 N–H and O–H groups in total. The van der Waals surface area contributed by atoms with Crippen LogP contribution in [0.1, 0.15) is 36.7 Å². The number of hydrogen-bond acceptors (Lipinski definition) is 3. The van der Waals surface area contributed by atoms with Crippen molar-refractivity contribution in [3.63, 3.8) is 0 Å². The maximum atomic E-state index is 11.5. The molecule has 0 amide bonds. The van der Waals surface area contributed by atoms with Crippen LogP contribution in [0.4, 0.5) is 11.4 Å². The molecule has 16 heavy (non-hydrogen) atoms. The largest absolute Gasteiger partial charge is 0.397 e. The Morgan fingerprint density at radius 2 is 1.94 bits per heavy atom. The molecule has 1 aromatic rings. The molecular formula is C13H18N2O. The van der Waals surface area contributed by atoms with E-state index < -0.39 is 0 Å². The minimum atomic E-state index is 0.0329. The summed E-state index contributed by atoms with van der Waals surface area (Å²) in [6.45, 7) is 5.49. The van der Waals surface area contributed by atoms with Gasteiger partial charge in [0.25, 0.3) is 0 Å². The van der Waals surface area contributed by atoms with Crippen LogP contribution in [0.3, 0.4) is 0 Å². The number of hydrogen-bond donors (Lipinski definition) is 2. The van der Waals surface area contributed by atoms with E-state index in [0.29, 0.717) is 11.3 Å². The van der Waals surface area contributed by atoms with Gasteiger partial charge in [-0.25, -0.2) is 0 Å². The van der Waals surface area contributed by atoms with Gasteiger partial charge in [-0.1, -0.05) is 6.08 Å². The summed E-state index contributed by atoms with van der Waals surface area (Å²) in [6.07, 6.45) is 1.98. The van der Waals surface area contributed by atoms with Gasteiger partial charge >= 0.3 is 0 Å². The van der Waals surface area contributed by atoms with E-state index >= 15 is 0 Å². The first-order valence-corrected chi connectivity index (χ1v) is 5.26. The van der Waals surface area contributed by atoms with Gasteiger partial charge in [0.05, 0.1) is 11.4 Å². The molecule has 86 valence electrons. The molecule has 0 aliphatic carbocycles. The van der Waals surface area contributed by atoms with Crippen LogP contribution >= 0.6 is 0 Å². The predicted octanol–water partition coefficient (Wildman–Crippen LogP) is 2.94. The van der Waals surface area contributed by atoms with E-state index in [0.717, 1.165) is 16.8 Å². The normalized spacial score (nSPS) is 11.4. The van der Waals surface area contributed by atoms with Crippen LogP contribution in [0.15, 0.2) is 18.2 Å². The zero-order valence-electron chi connectivity index (χ0n) is 10.2. The number of carbonyl (C=O) groups is 1. The van der Waals surface area contributed by atoms with E-state index in [2.05, 4.69) is 5.32 Å². The maximum Gasteiger partial charge on any atom is 0.160 e. The van der Waals surface area contributed by atoms with Crippen LogP contribution in [0.25, 0.3) is 5.57 Å². The highest BCUT2D eigenvalue weighted by Gasteiger charge is 2.11. The summed E-state index contributed by atoms with van der Waals surface area (Å²) in [5, 5.41) is 3.02. The summed E-state index contributed by atoms with van der Waals surface area (Å²) in [4.78, 5) is 11.5. The average molecular weight is 218 g/mol. The fourth-order valence-corrected chi connectivity index (χ4v) is 1.61. The van der Waals surface area contributed by atoms with Crippen molar-refractivity contribution in [2.45, 2.75) is 20.8 Å². The highest BCUT2D eigenvalue weighted by atomic mass is 16.1. The second kappa shape index (κ2) is 4.84. The van der Waals surface area contributed by atoms with E-state index in [-0.39, 0.29) is 5.78 Å². The summed E-state index contributed by atoms with van der Waals surface area (Å²) < 4.78 is 0. The van der Waals surface area contributed by atoms with Crippen LogP contribution in [0, 0.1) is 0 Å². The number of ketones is 1. The van der Waals surface area contributed by atoms with Gasteiger partial charge in [-0.15, -0.1) is 0 Å². The fraction of sp³-hybridized carbons (Fsp3) is 0.308. The van der Waals surface area contributed by atoms with Crippen molar-refractivity contribution in [2.24, 2.45) is 0 Å². The molecule has 0 fully saturated rings. The number of nitrogen functional groups attached to an aromatic ring is 1. The molecule has 0 saturated carbocycles. The van der Waals surface area contributed by atoms with Gasteiger partial charge in [0.15, 0.2) is 5.78 Å². The zero-order chi connectivity index (χ0) is 12.3. The highest BCUT2D eigenvalue weighted by Crippen LogP contribution is 2.28. The first-order valence-electron chi connectivity index (χ1n) is 5.26. The van der Waals surface area contributed by atoms with Crippen molar-refractivity contribution in [1.29, 1.82) is 0 Å². The second-order valence-electron chi connectivity index (χ2n) is 3.76. The van der Waals surface area contributed by atoms with Crippen molar-refractivity contribution < 1.29 is 4.79 Å². The van der Waals surface area contributed by atoms with Gasteiger partial charge in [-0.3, -0.25) is 4.79 Å². The average Bonchev–Trinajstić information content (AvgIpc) is 2.27. The summed E-state index contributed by atoms with van der Waals surface area (Å²) >= 11 is 0. The minimum absolute atomic E-state index is 0.0329. The SMILES string of the molecule is CC=C(C)c1cc(NC)c(N)cc1C(C)=O. The molecule has 0 spiro atoms. The zero-order valence-corrected chi connectivity index (χ0v) is 10.2. The Hall–Kier alpha value is -1.77. The second-order valence-corrected chi connectivity index (χ2v) is 3.76. The van der Waals surface area contributed by atoms with Gasteiger partial charge in [-0.05, 0) is 44.0 Å². The third-order valence-corrected chi connectivity index (χ3v) is 2.70. The summed E-state index contributed by atoms with van der Waals surface area (Å²) in [5.74, 6) is 0.0329. The Labute approximate surface area is 96.3 Å². The number of allylic oxidation sites excluding steroid dienone is 2. The molecular weight excluding hydrogens is 200 g/mol. The van der Waals surface area contributed by atoms with Crippen molar-refractivity contribution in [1.82, 2.24) is 0 Å². The lowest BCUT2D eigenvalue weighted by molar-refractivity contribution is 0.101. The molecule has 0 aliphatic heterocycles.